The van der Waals surface area contributed by atoms with Crippen molar-refractivity contribution in [2.45, 2.75) is 38.6 Å². The van der Waals surface area contributed by atoms with Crippen molar-refractivity contribution in [3.8, 4) is 5.75 Å². The van der Waals surface area contributed by atoms with Gasteiger partial charge in [0.25, 0.3) is 0 Å². The molecule has 0 amide bonds. The van der Waals surface area contributed by atoms with Crippen molar-refractivity contribution in [1.29, 1.82) is 0 Å². The summed E-state index contributed by atoms with van der Waals surface area (Å²) >= 11 is 0. The molecule has 0 spiro atoms. The van der Waals surface area contributed by atoms with Gasteiger partial charge in [-0.1, -0.05) is 25.0 Å². The van der Waals surface area contributed by atoms with Crippen LogP contribution in [0, 0.1) is 6.92 Å². The van der Waals surface area contributed by atoms with Gasteiger partial charge in [0.1, 0.15) is 5.75 Å². The summed E-state index contributed by atoms with van der Waals surface area (Å²) in [4.78, 5) is 0. The zero-order valence-electron chi connectivity index (χ0n) is 10.3. The predicted octanol–water partition coefficient (Wildman–Crippen LogP) is 3.21. The Kier molecular flexibility index (Phi) is 3.83. The van der Waals surface area contributed by atoms with E-state index in [2.05, 4.69) is 30.4 Å². The van der Waals surface area contributed by atoms with E-state index in [1.54, 1.807) is 7.11 Å². The lowest BCUT2D eigenvalue weighted by Gasteiger charge is -2.17. The van der Waals surface area contributed by atoms with Gasteiger partial charge in [0.05, 0.1) is 7.11 Å². The largest absolute Gasteiger partial charge is 0.496 e. The van der Waals surface area contributed by atoms with Crippen molar-refractivity contribution in [1.82, 2.24) is 5.32 Å². The second-order valence-corrected chi connectivity index (χ2v) is 4.59. The molecule has 1 aliphatic rings. The van der Waals surface area contributed by atoms with E-state index in [1.165, 1.54) is 36.8 Å². The van der Waals surface area contributed by atoms with Crippen molar-refractivity contribution < 1.29 is 4.74 Å². The molecule has 1 atom stereocenters. The Morgan fingerprint density at radius 3 is 2.94 bits per heavy atom. The first-order chi connectivity index (χ1) is 7.81. The molecule has 1 N–H and O–H groups in total. The molecular formula is C14H21NO. The summed E-state index contributed by atoms with van der Waals surface area (Å²) in [6.45, 7) is 3.23. The SMILES string of the molecule is COc1cc(C2CCCCCN2)ccc1C. The van der Waals surface area contributed by atoms with Crippen molar-refractivity contribution in [3.63, 3.8) is 0 Å². The smallest absolute Gasteiger partial charge is 0.122 e. The van der Waals surface area contributed by atoms with Crippen LogP contribution in [-0.2, 0) is 0 Å². The zero-order valence-corrected chi connectivity index (χ0v) is 10.3. The summed E-state index contributed by atoms with van der Waals surface area (Å²) in [5.41, 5.74) is 2.57. The molecule has 1 aromatic carbocycles. The van der Waals surface area contributed by atoms with Crippen molar-refractivity contribution in [2.75, 3.05) is 13.7 Å². The van der Waals surface area contributed by atoms with Crippen LogP contribution in [-0.4, -0.2) is 13.7 Å². The molecule has 1 aromatic rings. The molecule has 16 heavy (non-hydrogen) atoms. The third-order valence-electron chi connectivity index (χ3n) is 3.39. The number of ether oxygens (including phenoxy) is 1. The fourth-order valence-electron chi connectivity index (χ4n) is 2.37. The predicted molar refractivity (Wildman–Crippen MR) is 66.9 cm³/mol. The van der Waals surface area contributed by atoms with Gasteiger partial charge >= 0.3 is 0 Å². The minimum atomic E-state index is 0.511. The molecule has 1 unspecified atom stereocenters. The lowest BCUT2D eigenvalue weighted by Crippen LogP contribution is -2.20. The monoisotopic (exact) mass is 219 g/mol. The zero-order chi connectivity index (χ0) is 11.4. The first-order valence-electron chi connectivity index (χ1n) is 6.19. The molecule has 1 fully saturated rings. The van der Waals surface area contributed by atoms with Gasteiger partial charge in [0, 0.05) is 6.04 Å². The third-order valence-corrected chi connectivity index (χ3v) is 3.39. The molecule has 1 saturated heterocycles. The molecule has 88 valence electrons. The number of hydrogen-bond donors (Lipinski definition) is 1. The minimum absolute atomic E-state index is 0.511. The van der Waals surface area contributed by atoms with E-state index >= 15 is 0 Å². The maximum atomic E-state index is 5.38. The van der Waals surface area contributed by atoms with E-state index in [0.29, 0.717) is 6.04 Å². The average Bonchev–Trinajstić information content (AvgIpc) is 2.58. The van der Waals surface area contributed by atoms with Gasteiger partial charge in [-0.05, 0) is 43.5 Å². The number of aryl methyl sites for hydroxylation is 1. The highest BCUT2D eigenvalue weighted by Gasteiger charge is 2.14. The minimum Gasteiger partial charge on any atom is -0.496 e. The van der Waals surface area contributed by atoms with Crippen LogP contribution < -0.4 is 10.1 Å². The Balaban J connectivity index is 2.18. The summed E-state index contributed by atoms with van der Waals surface area (Å²) < 4.78 is 5.38. The molecular weight excluding hydrogens is 198 g/mol. The normalized spacial score (nSPS) is 21.5. The summed E-state index contributed by atoms with van der Waals surface area (Å²) in [6, 6.07) is 7.07. The van der Waals surface area contributed by atoms with E-state index in [9.17, 15) is 0 Å². The van der Waals surface area contributed by atoms with E-state index in [1.807, 2.05) is 0 Å². The van der Waals surface area contributed by atoms with Gasteiger partial charge in [-0.2, -0.15) is 0 Å². The second-order valence-electron chi connectivity index (χ2n) is 4.59. The highest BCUT2D eigenvalue weighted by Crippen LogP contribution is 2.27. The Morgan fingerprint density at radius 1 is 1.25 bits per heavy atom. The summed E-state index contributed by atoms with van der Waals surface area (Å²) in [6.07, 6.45) is 5.23. The van der Waals surface area contributed by atoms with Gasteiger partial charge in [-0.3, -0.25) is 0 Å². The summed E-state index contributed by atoms with van der Waals surface area (Å²) in [5.74, 6) is 1.00. The molecule has 1 aliphatic heterocycles. The lowest BCUT2D eigenvalue weighted by atomic mass is 10.0. The van der Waals surface area contributed by atoms with E-state index in [-0.39, 0.29) is 0 Å². The van der Waals surface area contributed by atoms with Crippen molar-refractivity contribution in [3.05, 3.63) is 29.3 Å². The molecule has 2 nitrogen and oxygen atoms in total. The standard InChI is InChI=1S/C14H21NO/c1-11-7-8-12(10-14(11)16-2)13-6-4-3-5-9-15-13/h7-8,10,13,15H,3-6,9H2,1-2H3. The molecule has 2 heteroatoms. The molecule has 0 bridgehead atoms. The van der Waals surface area contributed by atoms with Gasteiger partial charge in [-0.15, -0.1) is 0 Å². The van der Waals surface area contributed by atoms with Gasteiger partial charge in [-0.25, -0.2) is 0 Å². The first-order valence-corrected chi connectivity index (χ1v) is 6.19. The maximum absolute atomic E-state index is 5.38. The first kappa shape index (κ1) is 11.5. The van der Waals surface area contributed by atoms with Crippen LogP contribution in [0.5, 0.6) is 5.75 Å². The Morgan fingerprint density at radius 2 is 2.12 bits per heavy atom. The molecule has 0 aliphatic carbocycles. The van der Waals surface area contributed by atoms with Crippen LogP contribution >= 0.6 is 0 Å². The van der Waals surface area contributed by atoms with E-state index < -0.39 is 0 Å². The average molecular weight is 219 g/mol. The van der Waals surface area contributed by atoms with Gasteiger partial charge < -0.3 is 10.1 Å². The molecule has 2 rings (SSSR count). The van der Waals surface area contributed by atoms with Crippen LogP contribution in [0.15, 0.2) is 18.2 Å². The Hall–Kier alpha value is -1.02. The summed E-state index contributed by atoms with van der Waals surface area (Å²) in [5, 5.41) is 3.61. The fourth-order valence-corrected chi connectivity index (χ4v) is 2.37. The fraction of sp³-hybridized carbons (Fsp3) is 0.571. The highest BCUT2D eigenvalue weighted by molar-refractivity contribution is 5.37. The Bertz CT molecular complexity index is 341. The molecule has 0 radical (unpaired) electrons. The van der Waals surface area contributed by atoms with E-state index in [0.717, 1.165) is 12.3 Å². The lowest BCUT2D eigenvalue weighted by molar-refractivity contribution is 0.409. The van der Waals surface area contributed by atoms with E-state index in [4.69, 9.17) is 4.74 Å². The number of methoxy groups -OCH3 is 1. The number of rotatable bonds is 2. The maximum Gasteiger partial charge on any atom is 0.122 e. The molecule has 0 aromatic heterocycles. The van der Waals surface area contributed by atoms with Crippen LogP contribution in [0.3, 0.4) is 0 Å². The molecule has 0 saturated carbocycles. The van der Waals surface area contributed by atoms with Crippen LogP contribution in [0.1, 0.15) is 42.9 Å². The van der Waals surface area contributed by atoms with Crippen LogP contribution in [0.4, 0.5) is 0 Å². The van der Waals surface area contributed by atoms with Crippen LogP contribution in [0.25, 0.3) is 0 Å². The van der Waals surface area contributed by atoms with Crippen molar-refractivity contribution >= 4 is 0 Å². The topological polar surface area (TPSA) is 21.3 Å². The number of benzene rings is 1. The Labute approximate surface area is 98.0 Å². The summed E-state index contributed by atoms with van der Waals surface area (Å²) in [7, 11) is 1.74. The van der Waals surface area contributed by atoms with Gasteiger partial charge in [0.2, 0.25) is 0 Å². The number of hydrogen-bond acceptors (Lipinski definition) is 2. The third kappa shape index (κ3) is 2.56. The van der Waals surface area contributed by atoms with Gasteiger partial charge in [0.15, 0.2) is 0 Å². The second kappa shape index (κ2) is 5.35. The van der Waals surface area contributed by atoms with Crippen LogP contribution in [0.2, 0.25) is 0 Å². The molecule has 1 heterocycles. The number of nitrogens with one attached hydrogen (secondary N) is 1. The van der Waals surface area contributed by atoms with Crippen molar-refractivity contribution in [2.24, 2.45) is 0 Å². The quantitative estimate of drug-likeness (QED) is 0.824. The highest BCUT2D eigenvalue weighted by atomic mass is 16.5.